The molecule has 0 saturated carbocycles. The topological polar surface area (TPSA) is 12.0 Å². The summed E-state index contributed by atoms with van der Waals surface area (Å²) in [5.74, 6) is 2.05. The number of halogens is 1. The summed E-state index contributed by atoms with van der Waals surface area (Å²) >= 11 is 5.55. The number of thioether (sulfide) groups is 1. The van der Waals surface area contributed by atoms with Crippen LogP contribution in [0, 0.1) is 12.8 Å². The van der Waals surface area contributed by atoms with Gasteiger partial charge >= 0.3 is 0 Å². The van der Waals surface area contributed by atoms with Gasteiger partial charge in [0.15, 0.2) is 0 Å². The van der Waals surface area contributed by atoms with Gasteiger partial charge in [0.25, 0.3) is 0 Å². The molecule has 1 fully saturated rings. The van der Waals surface area contributed by atoms with Crippen molar-refractivity contribution in [3.05, 3.63) is 33.8 Å². The quantitative estimate of drug-likeness (QED) is 0.844. The maximum absolute atomic E-state index is 3.58. The minimum atomic E-state index is 0.480. The Bertz CT molecular complexity index is 345. The molecule has 1 aromatic carbocycles. The summed E-state index contributed by atoms with van der Waals surface area (Å²) in [6.45, 7) is 5.57. The number of aryl methyl sites for hydroxylation is 1. The summed E-state index contributed by atoms with van der Waals surface area (Å²) in [6.07, 6.45) is 0. The fourth-order valence-corrected chi connectivity index (χ4v) is 3.17. The average Bonchev–Trinajstić information content (AvgIpc) is 2.23. The number of hydrogen-bond donors (Lipinski definition) is 1. The van der Waals surface area contributed by atoms with Gasteiger partial charge in [-0.15, -0.1) is 11.8 Å². The zero-order valence-electron chi connectivity index (χ0n) is 9.09. The van der Waals surface area contributed by atoms with Crippen LogP contribution in [0.3, 0.4) is 0 Å². The number of benzene rings is 1. The first-order valence-electron chi connectivity index (χ1n) is 5.28. The molecule has 0 aliphatic carbocycles. The van der Waals surface area contributed by atoms with Gasteiger partial charge < -0.3 is 5.32 Å². The van der Waals surface area contributed by atoms with Gasteiger partial charge in [0.2, 0.25) is 0 Å². The van der Waals surface area contributed by atoms with Crippen LogP contribution < -0.4 is 5.32 Å². The molecule has 2 unspecified atom stereocenters. The second kappa shape index (κ2) is 4.89. The van der Waals surface area contributed by atoms with Crippen LogP contribution in [0.25, 0.3) is 0 Å². The van der Waals surface area contributed by atoms with E-state index in [0.29, 0.717) is 5.37 Å². The SMILES string of the molecule is Cc1cc(C2NCC(C)CS2)ccc1Br. The van der Waals surface area contributed by atoms with E-state index in [0.717, 1.165) is 12.5 Å². The molecule has 0 radical (unpaired) electrons. The zero-order chi connectivity index (χ0) is 10.8. The van der Waals surface area contributed by atoms with Crippen molar-refractivity contribution in [2.75, 3.05) is 12.3 Å². The van der Waals surface area contributed by atoms with Crippen LogP contribution in [0.5, 0.6) is 0 Å². The zero-order valence-corrected chi connectivity index (χ0v) is 11.5. The summed E-state index contributed by atoms with van der Waals surface area (Å²) in [6, 6.07) is 6.62. The lowest BCUT2D eigenvalue weighted by molar-refractivity contribution is 0.529. The lowest BCUT2D eigenvalue weighted by Gasteiger charge is -2.27. The third kappa shape index (κ3) is 2.77. The molecule has 1 nitrogen and oxygen atoms in total. The number of nitrogens with one attached hydrogen (secondary N) is 1. The highest BCUT2D eigenvalue weighted by atomic mass is 79.9. The molecule has 0 bridgehead atoms. The van der Waals surface area contributed by atoms with Crippen LogP contribution >= 0.6 is 27.7 Å². The molecule has 1 aliphatic heterocycles. The van der Waals surface area contributed by atoms with Crippen LogP contribution in [-0.4, -0.2) is 12.3 Å². The monoisotopic (exact) mass is 285 g/mol. The molecule has 1 aliphatic rings. The Balaban J connectivity index is 2.12. The van der Waals surface area contributed by atoms with Crippen LogP contribution in [-0.2, 0) is 0 Å². The Morgan fingerprint density at radius 3 is 2.87 bits per heavy atom. The van der Waals surface area contributed by atoms with Crippen molar-refractivity contribution >= 4 is 27.7 Å². The highest BCUT2D eigenvalue weighted by Gasteiger charge is 2.19. The van der Waals surface area contributed by atoms with Gasteiger partial charge in [0.1, 0.15) is 0 Å². The first kappa shape index (κ1) is 11.5. The normalized spacial score (nSPS) is 26.6. The second-order valence-corrected chi connectivity index (χ2v) is 6.23. The van der Waals surface area contributed by atoms with E-state index < -0.39 is 0 Å². The van der Waals surface area contributed by atoms with E-state index in [-0.39, 0.29) is 0 Å². The van der Waals surface area contributed by atoms with E-state index in [1.54, 1.807) is 0 Å². The van der Waals surface area contributed by atoms with E-state index in [4.69, 9.17) is 0 Å². The van der Waals surface area contributed by atoms with Crippen molar-refractivity contribution in [1.82, 2.24) is 5.32 Å². The Morgan fingerprint density at radius 1 is 1.47 bits per heavy atom. The summed E-state index contributed by atoms with van der Waals surface area (Å²) in [5.41, 5.74) is 2.71. The molecule has 3 heteroatoms. The first-order chi connectivity index (χ1) is 7.16. The van der Waals surface area contributed by atoms with Crippen molar-refractivity contribution in [2.24, 2.45) is 5.92 Å². The largest absolute Gasteiger partial charge is 0.301 e. The van der Waals surface area contributed by atoms with Gasteiger partial charge in [-0.2, -0.15) is 0 Å². The van der Waals surface area contributed by atoms with Gasteiger partial charge in [-0.25, -0.2) is 0 Å². The third-order valence-electron chi connectivity index (χ3n) is 2.68. The highest BCUT2D eigenvalue weighted by Crippen LogP contribution is 2.32. The van der Waals surface area contributed by atoms with E-state index in [1.165, 1.54) is 21.4 Å². The molecule has 1 saturated heterocycles. The van der Waals surface area contributed by atoms with Gasteiger partial charge in [0, 0.05) is 4.47 Å². The number of hydrogen-bond acceptors (Lipinski definition) is 2. The Hall–Kier alpha value is 0.01000. The lowest BCUT2D eigenvalue weighted by Crippen LogP contribution is -2.31. The average molecular weight is 286 g/mol. The molecule has 1 aromatic rings. The lowest BCUT2D eigenvalue weighted by atomic mass is 10.1. The van der Waals surface area contributed by atoms with Crippen LogP contribution in [0.15, 0.2) is 22.7 Å². The van der Waals surface area contributed by atoms with Crippen LogP contribution in [0.2, 0.25) is 0 Å². The van der Waals surface area contributed by atoms with Crippen LogP contribution in [0.1, 0.15) is 23.4 Å². The molecule has 15 heavy (non-hydrogen) atoms. The fourth-order valence-electron chi connectivity index (χ4n) is 1.73. The van der Waals surface area contributed by atoms with Crippen molar-refractivity contribution in [3.8, 4) is 0 Å². The fraction of sp³-hybridized carbons (Fsp3) is 0.500. The second-order valence-electron chi connectivity index (χ2n) is 4.24. The molecule has 2 rings (SSSR count). The maximum atomic E-state index is 3.58. The van der Waals surface area contributed by atoms with E-state index in [2.05, 4.69) is 53.3 Å². The third-order valence-corrected chi connectivity index (χ3v) is 5.11. The molecule has 2 atom stereocenters. The molecule has 0 amide bonds. The summed E-state index contributed by atoms with van der Waals surface area (Å²) in [4.78, 5) is 0. The van der Waals surface area contributed by atoms with Crippen molar-refractivity contribution in [1.29, 1.82) is 0 Å². The Kier molecular flexibility index (Phi) is 3.75. The number of rotatable bonds is 1. The standard InChI is InChI=1S/C12H16BrNS/c1-8-6-14-12(15-7-8)10-3-4-11(13)9(2)5-10/h3-5,8,12,14H,6-7H2,1-2H3. The molecular weight excluding hydrogens is 270 g/mol. The van der Waals surface area contributed by atoms with Gasteiger partial charge in [-0.05, 0) is 42.3 Å². The maximum Gasteiger partial charge on any atom is 0.0789 e. The first-order valence-corrected chi connectivity index (χ1v) is 7.12. The van der Waals surface area contributed by atoms with E-state index >= 15 is 0 Å². The minimum absolute atomic E-state index is 0.480. The summed E-state index contributed by atoms with van der Waals surface area (Å²) in [5, 5.41) is 4.06. The highest BCUT2D eigenvalue weighted by molar-refractivity contribution is 9.10. The molecule has 82 valence electrons. The molecule has 1 heterocycles. The Labute approximate surface area is 104 Å². The van der Waals surface area contributed by atoms with Gasteiger partial charge in [-0.1, -0.05) is 35.0 Å². The smallest absolute Gasteiger partial charge is 0.0789 e. The van der Waals surface area contributed by atoms with E-state index in [1.807, 2.05) is 11.8 Å². The van der Waals surface area contributed by atoms with Crippen molar-refractivity contribution in [2.45, 2.75) is 19.2 Å². The summed E-state index contributed by atoms with van der Waals surface area (Å²) < 4.78 is 1.19. The van der Waals surface area contributed by atoms with Gasteiger partial charge in [-0.3, -0.25) is 0 Å². The molecule has 0 spiro atoms. The van der Waals surface area contributed by atoms with Crippen LogP contribution in [0.4, 0.5) is 0 Å². The van der Waals surface area contributed by atoms with E-state index in [9.17, 15) is 0 Å². The Morgan fingerprint density at radius 2 is 2.27 bits per heavy atom. The summed E-state index contributed by atoms with van der Waals surface area (Å²) in [7, 11) is 0. The van der Waals surface area contributed by atoms with Crippen molar-refractivity contribution < 1.29 is 0 Å². The molecular formula is C12H16BrNS. The predicted molar refractivity (Wildman–Crippen MR) is 71.2 cm³/mol. The minimum Gasteiger partial charge on any atom is -0.301 e. The molecule has 1 N–H and O–H groups in total. The predicted octanol–water partition coefficient (Wildman–Crippen LogP) is 3.73. The van der Waals surface area contributed by atoms with Gasteiger partial charge in [0.05, 0.1) is 5.37 Å². The van der Waals surface area contributed by atoms with Crippen molar-refractivity contribution in [3.63, 3.8) is 0 Å². The molecule has 0 aromatic heterocycles.